The van der Waals surface area contributed by atoms with E-state index in [1.54, 1.807) is 12.1 Å². The van der Waals surface area contributed by atoms with Gasteiger partial charge in [-0.1, -0.05) is 36.4 Å². The lowest BCUT2D eigenvalue weighted by atomic mass is 10.0. The number of ether oxygens (including phenoxy) is 2. The molecule has 0 bridgehead atoms. The number of rotatable bonds is 5. The molecule has 7 nitrogen and oxygen atoms in total. The van der Waals surface area contributed by atoms with Crippen molar-refractivity contribution < 1.29 is 22.7 Å². The molecule has 3 unspecified atom stereocenters. The van der Waals surface area contributed by atoms with Crippen LogP contribution in [0.4, 0.5) is 0 Å². The average Bonchev–Trinajstić information content (AvgIpc) is 3.10. The Labute approximate surface area is 165 Å². The number of benzene rings is 2. The lowest BCUT2D eigenvalue weighted by molar-refractivity contribution is -0.110. The minimum Gasteiger partial charge on any atom is -0.486 e. The first-order valence-corrected chi connectivity index (χ1v) is 10.8. The van der Waals surface area contributed by atoms with E-state index >= 15 is 0 Å². The Balaban J connectivity index is 1.59. The predicted octanol–water partition coefficient (Wildman–Crippen LogP) is 2.43. The molecule has 28 heavy (non-hydrogen) atoms. The Kier molecular flexibility index (Phi) is 5.29. The van der Waals surface area contributed by atoms with E-state index in [1.807, 2.05) is 55.5 Å². The second-order valence-corrected chi connectivity index (χ2v) is 8.95. The Bertz CT molecular complexity index is 935. The quantitative estimate of drug-likeness (QED) is 0.825. The number of sulfonamides is 1. The van der Waals surface area contributed by atoms with Crippen molar-refractivity contribution in [3.63, 3.8) is 0 Å². The molecule has 0 radical (unpaired) electrons. The van der Waals surface area contributed by atoms with Gasteiger partial charge in [0.2, 0.25) is 10.0 Å². The first-order valence-electron chi connectivity index (χ1n) is 9.27. The molecule has 8 heteroatoms. The number of hydrogen-bond donors (Lipinski definition) is 1. The van der Waals surface area contributed by atoms with Crippen LogP contribution in [0.25, 0.3) is 0 Å². The third kappa shape index (κ3) is 3.73. The standard InChI is InChI=1S/C20H24N2O5S/c1-14(15-6-4-3-5-7-15)21-28(23,24)19-13-27-22(2)20(19)16-8-9-17-18(12-16)26-11-10-25-17/h3-9,12,14,19-21H,10-11,13H2,1-2H3. The maximum Gasteiger partial charge on any atom is 0.219 e. The van der Waals surface area contributed by atoms with Crippen LogP contribution in [0.3, 0.4) is 0 Å². The highest BCUT2D eigenvalue weighted by atomic mass is 32.2. The summed E-state index contributed by atoms with van der Waals surface area (Å²) in [6, 6.07) is 14.2. The molecule has 1 saturated heterocycles. The van der Waals surface area contributed by atoms with Crippen molar-refractivity contribution in [2.75, 3.05) is 26.9 Å². The summed E-state index contributed by atoms with van der Waals surface area (Å²) >= 11 is 0. The van der Waals surface area contributed by atoms with Crippen molar-refractivity contribution in [1.82, 2.24) is 9.79 Å². The molecule has 3 atom stereocenters. The fourth-order valence-corrected chi connectivity index (χ4v) is 5.38. The van der Waals surface area contributed by atoms with E-state index in [1.165, 1.54) is 0 Å². The van der Waals surface area contributed by atoms with Crippen LogP contribution in [0.2, 0.25) is 0 Å². The molecule has 150 valence electrons. The van der Waals surface area contributed by atoms with Gasteiger partial charge in [0.1, 0.15) is 18.5 Å². The molecule has 2 aromatic carbocycles. The van der Waals surface area contributed by atoms with Gasteiger partial charge in [-0.15, -0.1) is 0 Å². The predicted molar refractivity (Wildman–Crippen MR) is 105 cm³/mol. The van der Waals surface area contributed by atoms with Gasteiger partial charge >= 0.3 is 0 Å². The van der Waals surface area contributed by atoms with Crippen LogP contribution in [0.15, 0.2) is 48.5 Å². The van der Waals surface area contributed by atoms with Crippen molar-refractivity contribution in [3.8, 4) is 11.5 Å². The number of hydroxylamine groups is 2. The van der Waals surface area contributed by atoms with Gasteiger partial charge in [0.15, 0.2) is 11.5 Å². The van der Waals surface area contributed by atoms with E-state index < -0.39 is 21.3 Å². The molecule has 0 saturated carbocycles. The molecule has 4 rings (SSSR count). The second kappa shape index (κ2) is 7.71. The van der Waals surface area contributed by atoms with E-state index in [2.05, 4.69) is 4.72 Å². The smallest absolute Gasteiger partial charge is 0.219 e. The Morgan fingerprint density at radius 3 is 2.54 bits per heavy atom. The van der Waals surface area contributed by atoms with Gasteiger partial charge in [0.05, 0.1) is 12.6 Å². The molecular weight excluding hydrogens is 380 g/mol. The molecule has 1 N–H and O–H groups in total. The normalized spacial score (nSPS) is 23.5. The van der Waals surface area contributed by atoms with Gasteiger partial charge in [-0.2, -0.15) is 5.06 Å². The molecule has 2 aromatic rings. The monoisotopic (exact) mass is 404 g/mol. The molecule has 0 aliphatic carbocycles. The maximum atomic E-state index is 13.2. The summed E-state index contributed by atoms with van der Waals surface area (Å²) in [5.74, 6) is 1.30. The van der Waals surface area contributed by atoms with Crippen LogP contribution in [0, 0.1) is 0 Å². The zero-order valence-electron chi connectivity index (χ0n) is 15.9. The van der Waals surface area contributed by atoms with Crippen LogP contribution in [0.5, 0.6) is 11.5 Å². The third-order valence-corrected chi connectivity index (χ3v) is 7.01. The molecular formula is C20H24N2O5S. The van der Waals surface area contributed by atoms with Crippen molar-refractivity contribution in [3.05, 3.63) is 59.7 Å². The third-order valence-electron chi connectivity index (χ3n) is 5.13. The molecule has 2 aliphatic heterocycles. The highest BCUT2D eigenvalue weighted by molar-refractivity contribution is 7.90. The van der Waals surface area contributed by atoms with Gasteiger partial charge in [0, 0.05) is 13.1 Å². The minimum absolute atomic E-state index is 0.0897. The van der Waals surface area contributed by atoms with Gasteiger partial charge in [-0.25, -0.2) is 13.1 Å². The largest absolute Gasteiger partial charge is 0.486 e. The Morgan fingerprint density at radius 1 is 1.07 bits per heavy atom. The van der Waals surface area contributed by atoms with E-state index in [4.69, 9.17) is 14.3 Å². The van der Waals surface area contributed by atoms with Crippen molar-refractivity contribution in [1.29, 1.82) is 0 Å². The second-order valence-electron chi connectivity index (χ2n) is 7.02. The lowest BCUT2D eigenvalue weighted by Crippen LogP contribution is -2.40. The highest BCUT2D eigenvalue weighted by Gasteiger charge is 2.44. The molecule has 0 spiro atoms. The highest BCUT2D eigenvalue weighted by Crippen LogP contribution is 2.39. The summed E-state index contributed by atoms with van der Waals surface area (Å²) in [4.78, 5) is 5.59. The molecule has 2 heterocycles. The van der Waals surface area contributed by atoms with Crippen molar-refractivity contribution in [2.24, 2.45) is 0 Å². The van der Waals surface area contributed by atoms with Crippen LogP contribution in [0.1, 0.15) is 30.1 Å². The number of fused-ring (bicyclic) bond motifs is 1. The van der Waals surface area contributed by atoms with Crippen LogP contribution in [-0.2, 0) is 14.9 Å². The zero-order valence-corrected chi connectivity index (χ0v) is 16.7. The van der Waals surface area contributed by atoms with Crippen LogP contribution < -0.4 is 14.2 Å². The summed E-state index contributed by atoms with van der Waals surface area (Å²) < 4.78 is 40.3. The van der Waals surface area contributed by atoms with E-state index in [0.29, 0.717) is 24.7 Å². The number of hydrogen-bond acceptors (Lipinski definition) is 6. The summed E-state index contributed by atoms with van der Waals surface area (Å²) in [6.45, 7) is 2.92. The van der Waals surface area contributed by atoms with Gasteiger partial charge in [0.25, 0.3) is 0 Å². The molecule has 0 amide bonds. The summed E-state index contributed by atoms with van der Waals surface area (Å²) in [6.07, 6.45) is 0. The zero-order chi connectivity index (χ0) is 19.7. The Hall–Kier alpha value is -2.13. The first kappa shape index (κ1) is 19.2. The lowest BCUT2D eigenvalue weighted by Gasteiger charge is -2.26. The average molecular weight is 404 g/mol. The first-order chi connectivity index (χ1) is 13.5. The van der Waals surface area contributed by atoms with Crippen molar-refractivity contribution >= 4 is 10.0 Å². The van der Waals surface area contributed by atoms with Crippen molar-refractivity contribution in [2.45, 2.75) is 24.3 Å². The van der Waals surface area contributed by atoms with Crippen LogP contribution >= 0.6 is 0 Å². The van der Waals surface area contributed by atoms with Gasteiger partial charge in [-0.05, 0) is 30.2 Å². The summed E-state index contributed by atoms with van der Waals surface area (Å²) in [7, 11) is -1.90. The molecule has 0 aromatic heterocycles. The summed E-state index contributed by atoms with van der Waals surface area (Å²) in [5.41, 5.74) is 1.72. The van der Waals surface area contributed by atoms with E-state index in [0.717, 1.165) is 11.1 Å². The van der Waals surface area contributed by atoms with Gasteiger partial charge < -0.3 is 9.47 Å². The maximum absolute atomic E-state index is 13.2. The topological polar surface area (TPSA) is 77.1 Å². The van der Waals surface area contributed by atoms with Crippen LogP contribution in [-0.4, -0.2) is 45.6 Å². The fraction of sp³-hybridized carbons (Fsp3) is 0.400. The molecule has 2 aliphatic rings. The fourth-order valence-electron chi connectivity index (χ4n) is 3.67. The minimum atomic E-state index is -3.65. The van der Waals surface area contributed by atoms with Gasteiger partial charge in [-0.3, -0.25) is 4.84 Å². The Morgan fingerprint density at radius 2 is 1.79 bits per heavy atom. The number of nitrogens with zero attached hydrogens (tertiary/aromatic N) is 1. The van der Waals surface area contributed by atoms with E-state index in [9.17, 15) is 8.42 Å². The SMILES string of the molecule is CC(NS(=O)(=O)C1CON(C)C1c1ccc2c(c1)OCCO2)c1ccccc1. The molecule has 1 fully saturated rings. The number of nitrogens with one attached hydrogen (secondary N) is 1. The summed E-state index contributed by atoms with van der Waals surface area (Å²) in [5, 5.41) is 0.855. The van der Waals surface area contributed by atoms with E-state index in [-0.39, 0.29) is 12.6 Å².